The van der Waals surface area contributed by atoms with Crippen molar-refractivity contribution in [2.75, 3.05) is 39.4 Å². The molecular weight excluding hydrogens is 262 g/mol. The van der Waals surface area contributed by atoms with Crippen LogP contribution in [-0.4, -0.2) is 77.9 Å². The number of urea groups is 1. The van der Waals surface area contributed by atoms with E-state index in [4.69, 9.17) is 4.74 Å². The highest BCUT2D eigenvalue weighted by Gasteiger charge is 2.44. The van der Waals surface area contributed by atoms with Gasteiger partial charge in [-0.3, -0.25) is 4.90 Å². The maximum absolute atomic E-state index is 12.2. The summed E-state index contributed by atoms with van der Waals surface area (Å²) < 4.78 is 5.14. The molecule has 2 fully saturated rings. The van der Waals surface area contributed by atoms with Crippen molar-refractivity contribution in [1.29, 1.82) is 0 Å². The summed E-state index contributed by atoms with van der Waals surface area (Å²) in [7, 11) is 0. The van der Waals surface area contributed by atoms with E-state index in [2.05, 4.69) is 24.1 Å². The van der Waals surface area contributed by atoms with Crippen LogP contribution >= 0.6 is 0 Å². The van der Waals surface area contributed by atoms with Crippen molar-refractivity contribution in [2.45, 2.75) is 31.8 Å². The van der Waals surface area contributed by atoms with Crippen molar-refractivity contribution in [3.63, 3.8) is 0 Å². The number of nitrogens with one attached hydrogen (secondary N) is 1. The van der Waals surface area contributed by atoms with Gasteiger partial charge in [-0.1, -0.05) is 0 Å². The quantitative estimate of drug-likeness (QED) is 0.761. The number of carbonyl (C=O) groups is 2. The molecule has 0 aromatic heterocycles. The van der Waals surface area contributed by atoms with Gasteiger partial charge in [-0.05, 0) is 13.8 Å². The molecule has 0 bridgehead atoms. The topological polar surface area (TPSA) is 82.1 Å². The van der Waals surface area contributed by atoms with Gasteiger partial charge in [0.15, 0.2) is 5.54 Å². The van der Waals surface area contributed by atoms with E-state index in [1.54, 1.807) is 4.90 Å². The number of carboxylic acid groups (broad SMARTS) is 1. The molecule has 20 heavy (non-hydrogen) atoms. The van der Waals surface area contributed by atoms with Crippen molar-refractivity contribution in [2.24, 2.45) is 0 Å². The van der Waals surface area contributed by atoms with E-state index in [0.29, 0.717) is 32.2 Å². The average Bonchev–Trinajstić information content (AvgIpc) is 2.88. The normalized spacial score (nSPS) is 27.9. The summed E-state index contributed by atoms with van der Waals surface area (Å²) in [6.45, 7) is 7.56. The van der Waals surface area contributed by atoms with Crippen molar-refractivity contribution in [1.82, 2.24) is 15.1 Å². The van der Waals surface area contributed by atoms with Gasteiger partial charge < -0.3 is 20.1 Å². The van der Waals surface area contributed by atoms with Gasteiger partial charge in [0.25, 0.3) is 0 Å². The van der Waals surface area contributed by atoms with Crippen LogP contribution in [0.3, 0.4) is 0 Å². The second-order valence-corrected chi connectivity index (χ2v) is 5.74. The minimum Gasteiger partial charge on any atom is -0.479 e. The van der Waals surface area contributed by atoms with Crippen molar-refractivity contribution < 1.29 is 19.4 Å². The molecule has 7 heteroatoms. The van der Waals surface area contributed by atoms with Gasteiger partial charge in [0.05, 0.1) is 6.61 Å². The lowest BCUT2D eigenvalue weighted by Crippen LogP contribution is -2.61. The number of carbonyl (C=O) groups excluding carboxylic acids is 1. The standard InChI is InChI=1S/C13H23N3O4/c1-10(2)15-4-6-16(7-5-15)12(19)14-13(11(17)18)3-8-20-9-13/h10H,3-9H2,1-2H3,(H,14,19)(H,17,18). The van der Waals surface area contributed by atoms with Gasteiger partial charge in [0.1, 0.15) is 0 Å². The minimum absolute atomic E-state index is 0.0417. The summed E-state index contributed by atoms with van der Waals surface area (Å²) >= 11 is 0. The molecule has 0 aromatic rings. The summed E-state index contributed by atoms with van der Waals surface area (Å²) in [5.74, 6) is -1.02. The van der Waals surface area contributed by atoms with Crippen LogP contribution in [0.4, 0.5) is 4.79 Å². The molecule has 2 rings (SSSR count). The lowest BCUT2D eigenvalue weighted by molar-refractivity contribution is -0.144. The first-order valence-corrected chi connectivity index (χ1v) is 7.07. The van der Waals surface area contributed by atoms with Crippen LogP contribution in [0.1, 0.15) is 20.3 Å². The number of ether oxygens (including phenoxy) is 1. The Morgan fingerprint density at radius 2 is 1.90 bits per heavy atom. The lowest BCUT2D eigenvalue weighted by Gasteiger charge is -2.38. The van der Waals surface area contributed by atoms with Gasteiger partial charge in [-0.2, -0.15) is 0 Å². The molecule has 2 amide bonds. The fraction of sp³-hybridized carbons (Fsp3) is 0.846. The minimum atomic E-state index is -1.26. The molecule has 0 aromatic carbocycles. The Balaban J connectivity index is 1.91. The van der Waals surface area contributed by atoms with E-state index in [0.717, 1.165) is 13.1 Å². The number of hydrogen-bond acceptors (Lipinski definition) is 4. The SMILES string of the molecule is CC(C)N1CCN(C(=O)NC2(C(=O)O)CCOC2)CC1. The van der Waals surface area contributed by atoms with Crippen LogP contribution in [0.15, 0.2) is 0 Å². The Labute approximate surface area is 118 Å². The summed E-state index contributed by atoms with van der Waals surface area (Å²) in [6, 6.07) is 0.162. The second-order valence-electron chi connectivity index (χ2n) is 5.74. The first-order chi connectivity index (χ1) is 9.44. The number of piperazine rings is 1. The zero-order chi connectivity index (χ0) is 14.8. The summed E-state index contributed by atoms with van der Waals surface area (Å²) in [6.07, 6.45) is 0.319. The maximum atomic E-state index is 12.2. The summed E-state index contributed by atoms with van der Waals surface area (Å²) in [5.41, 5.74) is -1.26. The monoisotopic (exact) mass is 285 g/mol. The molecule has 2 aliphatic heterocycles. The van der Waals surface area contributed by atoms with Crippen molar-refractivity contribution >= 4 is 12.0 Å². The Morgan fingerprint density at radius 3 is 2.35 bits per heavy atom. The smallest absolute Gasteiger partial charge is 0.332 e. The molecule has 1 atom stereocenters. The molecule has 0 saturated carbocycles. The summed E-state index contributed by atoms with van der Waals surface area (Å²) in [4.78, 5) is 27.6. The Kier molecular flexibility index (Phi) is 4.49. The first-order valence-electron chi connectivity index (χ1n) is 7.07. The fourth-order valence-electron chi connectivity index (χ4n) is 2.61. The Bertz CT molecular complexity index is 372. The third-order valence-corrected chi connectivity index (χ3v) is 4.11. The Morgan fingerprint density at radius 1 is 1.25 bits per heavy atom. The van der Waals surface area contributed by atoms with E-state index in [1.807, 2.05) is 0 Å². The van der Waals surface area contributed by atoms with Crippen LogP contribution in [0.25, 0.3) is 0 Å². The third-order valence-electron chi connectivity index (χ3n) is 4.11. The highest BCUT2D eigenvalue weighted by atomic mass is 16.5. The van der Waals surface area contributed by atoms with Gasteiger partial charge in [-0.25, -0.2) is 9.59 Å². The van der Waals surface area contributed by atoms with Gasteiger partial charge in [0, 0.05) is 45.2 Å². The third kappa shape index (κ3) is 3.04. The largest absolute Gasteiger partial charge is 0.479 e. The van der Waals surface area contributed by atoms with Crippen LogP contribution < -0.4 is 5.32 Å². The summed E-state index contributed by atoms with van der Waals surface area (Å²) in [5, 5.41) is 12.0. The number of aliphatic carboxylic acids is 1. The van der Waals surface area contributed by atoms with Crippen molar-refractivity contribution in [3.8, 4) is 0 Å². The molecule has 2 heterocycles. The number of nitrogens with zero attached hydrogens (tertiary/aromatic N) is 2. The zero-order valence-electron chi connectivity index (χ0n) is 12.1. The second kappa shape index (κ2) is 5.97. The van der Waals surface area contributed by atoms with Crippen LogP contribution in [0.2, 0.25) is 0 Å². The van der Waals surface area contributed by atoms with Crippen LogP contribution in [0.5, 0.6) is 0 Å². The van der Waals surface area contributed by atoms with Crippen LogP contribution in [-0.2, 0) is 9.53 Å². The highest BCUT2D eigenvalue weighted by molar-refractivity contribution is 5.86. The Hall–Kier alpha value is -1.34. The first kappa shape index (κ1) is 15.1. The van der Waals surface area contributed by atoms with E-state index in [-0.39, 0.29) is 12.6 Å². The number of hydrogen-bond donors (Lipinski definition) is 2. The van der Waals surface area contributed by atoms with E-state index in [9.17, 15) is 14.7 Å². The molecule has 7 nitrogen and oxygen atoms in total. The predicted octanol–water partition coefficient (Wildman–Crippen LogP) is -0.0343. The maximum Gasteiger partial charge on any atom is 0.332 e. The molecule has 2 aliphatic rings. The molecule has 2 N–H and O–H groups in total. The molecule has 2 saturated heterocycles. The predicted molar refractivity (Wildman–Crippen MR) is 72.6 cm³/mol. The zero-order valence-corrected chi connectivity index (χ0v) is 12.1. The van der Waals surface area contributed by atoms with Gasteiger partial charge in [-0.15, -0.1) is 0 Å². The molecular formula is C13H23N3O4. The lowest BCUT2D eigenvalue weighted by atomic mass is 9.99. The highest BCUT2D eigenvalue weighted by Crippen LogP contribution is 2.19. The fourth-order valence-corrected chi connectivity index (χ4v) is 2.61. The number of carboxylic acids is 1. The number of amides is 2. The van der Waals surface area contributed by atoms with Gasteiger partial charge in [0.2, 0.25) is 0 Å². The molecule has 114 valence electrons. The molecule has 0 aliphatic carbocycles. The molecule has 0 radical (unpaired) electrons. The van der Waals surface area contributed by atoms with E-state index in [1.165, 1.54) is 0 Å². The number of rotatable bonds is 3. The van der Waals surface area contributed by atoms with Crippen molar-refractivity contribution in [3.05, 3.63) is 0 Å². The average molecular weight is 285 g/mol. The molecule has 1 unspecified atom stereocenters. The van der Waals surface area contributed by atoms with E-state index < -0.39 is 11.5 Å². The van der Waals surface area contributed by atoms with E-state index >= 15 is 0 Å². The molecule has 0 spiro atoms. The van der Waals surface area contributed by atoms with Gasteiger partial charge >= 0.3 is 12.0 Å². The van der Waals surface area contributed by atoms with Crippen LogP contribution in [0, 0.1) is 0 Å².